The Hall–Kier alpha value is -3.91. The van der Waals surface area contributed by atoms with Gasteiger partial charge >= 0.3 is 24.3 Å². The van der Waals surface area contributed by atoms with E-state index in [1.807, 2.05) is 0 Å². The molecule has 0 bridgehead atoms. The van der Waals surface area contributed by atoms with Crippen molar-refractivity contribution in [1.29, 1.82) is 0 Å². The maximum absolute atomic E-state index is 12.1. The molecule has 1 aromatic carbocycles. The van der Waals surface area contributed by atoms with E-state index in [9.17, 15) is 37.7 Å². The van der Waals surface area contributed by atoms with Crippen LogP contribution in [-0.2, 0) is 32.8 Å². The lowest BCUT2D eigenvalue weighted by Crippen LogP contribution is -2.34. The highest BCUT2D eigenvalue weighted by Gasteiger charge is 2.46. The van der Waals surface area contributed by atoms with Gasteiger partial charge in [-0.2, -0.15) is 8.42 Å². The molecule has 5 atom stereocenters. The number of hydrogen-bond acceptors (Lipinski definition) is 16. The number of phosphoric ester groups is 1. The zero-order valence-electron chi connectivity index (χ0n) is 19.3. The van der Waals surface area contributed by atoms with E-state index in [0.717, 1.165) is 6.33 Å². The number of para-hydroxylation sites is 1. The molecule has 0 radical (unpaired) electrons. The summed E-state index contributed by atoms with van der Waals surface area (Å²) >= 11 is 0. The first-order valence-electron chi connectivity index (χ1n) is 10.5. The number of ether oxygens (including phenoxy) is 1. The molecule has 1 fully saturated rings. The zero-order chi connectivity index (χ0) is 28.5. The van der Waals surface area contributed by atoms with Gasteiger partial charge in [-0.25, -0.2) is 29.0 Å². The van der Waals surface area contributed by atoms with Crippen LogP contribution in [0.4, 0.5) is 16.3 Å². The molecule has 210 valence electrons. The molecule has 8 N–H and O–H groups in total. The van der Waals surface area contributed by atoms with Gasteiger partial charge in [0, 0.05) is 5.69 Å². The van der Waals surface area contributed by atoms with Crippen molar-refractivity contribution < 1.29 is 55.6 Å². The van der Waals surface area contributed by atoms with Gasteiger partial charge in [-0.3, -0.25) is 23.0 Å². The zero-order valence-corrected chi connectivity index (χ0v) is 21.0. The fourth-order valence-electron chi connectivity index (χ4n) is 3.44. The van der Waals surface area contributed by atoms with Crippen molar-refractivity contribution in [2.75, 3.05) is 18.1 Å². The Kier molecular flexibility index (Phi) is 7.70. The third-order valence-corrected chi connectivity index (χ3v) is 6.84. The number of aliphatic hydroxyl groups excluding tert-OH is 2. The Balaban J connectivity index is 1.33. The molecule has 0 spiro atoms. The molecule has 0 saturated carbocycles. The quantitative estimate of drug-likeness (QED) is 0.129. The predicted molar refractivity (Wildman–Crippen MR) is 126 cm³/mol. The van der Waals surface area contributed by atoms with Crippen LogP contribution in [0.1, 0.15) is 16.6 Å². The number of benzene rings is 1. The molecule has 1 unspecified atom stereocenters. The van der Waals surface area contributed by atoms with E-state index in [1.165, 1.54) is 39.9 Å². The van der Waals surface area contributed by atoms with Crippen LogP contribution in [0.5, 0.6) is 0 Å². The molecule has 1 aliphatic rings. The Morgan fingerprint density at radius 2 is 1.87 bits per heavy atom. The van der Waals surface area contributed by atoms with E-state index >= 15 is 0 Å². The Morgan fingerprint density at radius 1 is 1.15 bits per heavy atom. The van der Waals surface area contributed by atoms with Crippen LogP contribution < -0.4 is 16.2 Å². The molecule has 2 aromatic heterocycles. The minimum absolute atomic E-state index is 0.0442. The van der Waals surface area contributed by atoms with Gasteiger partial charge in [0.15, 0.2) is 17.7 Å². The van der Waals surface area contributed by atoms with Crippen molar-refractivity contribution >= 4 is 52.9 Å². The first-order chi connectivity index (χ1) is 18.3. The predicted octanol–water partition coefficient (Wildman–Crippen LogP) is -1.45. The van der Waals surface area contributed by atoms with Crippen molar-refractivity contribution in [2.45, 2.75) is 24.5 Å². The van der Waals surface area contributed by atoms with Crippen molar-refractivity contribution in [1.82, 2.24) is 24.2 Å². The van der Waals surface area contributed by atoms with E-state index in [2.05, 4.69) is 28.2 Å². The van der Waals surface area contributed by atoms with Crippen LogP contribution in [-0.4, -0.2) is 80.0 Å². The summed E-state index contributed by atoms with van der Waals surface area (Å²) in [4.78, 5) is 45.4. The van der Waals surface area contributed by atoms with Crippen LogP contribution in [0.15, 0.2) is 36.9 Å². The van der Waals surface area contributed by atoms with Gasteiger partial charge in [0.2, 0.25) is 0 Å². The smallest absolute Gasteiger partial charge is 0.398 e. The monoisotopic (exact) mass is 589 g/mol. The average Bonchev–Trinajstić information content (AvgIpc) is 3.39. The standard InChI is InChI=1S/C18H20N7O12PS/c19-9-4-2-1-3-8(9)16(28)24-39(32,33)37-18(29)36-38(30,31)34-5-10-12(26)13(27)17(35-10)25-7-23-11-14(20)21-6-22-15(11)25/h1-4,6-7,10,12-13,17,26-27H,5,19H2,(H,24,28)(H,30,31)(H2,20,21,22)/t10-,12-,13-,17-/m1/s1. The normalized spacial score (nSPS) is 22.7. The third kappa shape index (κ3) is 6.23. The Bertz CT molecular complexity index is 1570. The maximum atomic E-state index is 12.1. The largest absolute Gasteiger partial charge is 0.533 e. The van der Waals surface area contributed by atoms with Gasteiger partial charge in [0.1, 0.15) is 30.2 Å². The molecule has 1 saturated heterocycles. The molecule has 4 rings (SSSR count). The minimum Gasteiger partial charge on any atom is -0.398 e. The molecule has 21 heteroatoms. The molecule has 1 amide bonds. The third-order valence-electron chi connectivity index (χ3n) is 5.19. The number of anilines is 2. The average molecular weight is 589 g/mol. The van der Waals surface area contributed by atoms with Crippen molar-refractivity contribution in [3.8, 4) is 0 Å². The molecule has 39 heavy (non-hydrogen) atoms. The second-order valence-corrected chi connectivity index (χ2v) is 10.4. The highest BCUT2D eigenvalue weighted by Crippen LogP contribution is 2.45. The van der Waals surface area contributed by atoms with Crippen molar-refractivity contribution in [3.63, 3.8) is 0 Å². The topological polar surface area (TPSA) is 291 Å². The summed E-state index contributed by atoms with van der Waals surface area (Å²) in [5.74, 6) is -1.22. The van der Waals surface area contributed by atoms with Crippen LogP contribution in [0.2, 0.25) is 0 Å². The highest BCUT2D eigenvalue weighted by molar-refractivity contribution is 7.85. The summed E-state index contributed by atoms with van der Waals surface area (Å²) in [7, 11) is -10.5. The lowest BCUT2D eigenvalue weighted by Gasteiger charge is -2.17. The number of aromatic nitrogens is 4. The number of fused-ring (bicyclic) bond motifs is 1. The number of nitrogens with two attached hydrogens (primary N) is 2. The SMILES string of the molecule is Nc1ccccc1C(=O)NS(=O)(=O)OC(=O)OP(=O)(O)OC[C@H]1O[C@@H](n2cnc3c(N)ncnc32)[C@H](O)[C@@H]1O. The second-order valence-electron chi connectivity index (χ2n) is 7.79. The van der Waals surface area contributed by atoms with E-state index in [1.54, 1.807) is 0 Å². The van der Waals surface area contributed by atoms with E-state index in [0.29, 0.717) is 0 Å². The number of nitrogen functional groups attached to an aromatic ring is 2. The Morgan fingerprint density at radius 3 is 2.59 bits per heavy atom. The van der Waals surface area contributed by atoms with Gasteiger partial charge < -0.3 is 30.9 Å². The first kappa shape index (κ1) is 28.1. The number of amides is 1. The highest BCUT2D eigenvalue weighted by atomic mass is 32.2. The van der Waals surface area contributed by atoms with Crippen LogP contribution in [0.3, 0.4) is 0 Å². The number of hydrogen-bond donors (Lipinski definition) is 6. The lowest BCUT2D eigenvalue weighted by atomic mass is 10.1. The molecular formula is C18H20N7O12PS. The summed E-state index contributed by atoms with van der Waals surface area (Å²) in [6, 6.07) is 5.37. The van der Waals surface area contributed by atoms with Gasteiger partial charge in [0.25, 0.3) is 5.91 Å². The number of aliphatic hydroxyl groups is 2. The van der Waals surface area contributed by atoms with Gasteiger partial charge in [-0.1, -0.05) is 12.1 Å². The fraction of sp³-hybridized carbons (Fsp3) is 0.278. The number of rotatable bonds is 8. The molecule has 3 heterocycles. The maximum Gasteiger partial charge on any atom is 0.533 e. The van der Waals surface area contributed by atoms with E-state index in [4.69, 9.17) is 16.2 Å². The van der Waals surface area contributed by atoms with Crippen molar-refractivity contribution in [2.24, 2.45) is 0 Å². The van der Waals surface area contributed by atoms with Crippen LogP contribution >= 0.6 is 7.82 Å². The summed E-state index contributed by atoms with van der Waals surface area (Å²) in [6.07, 6.45) is -5.88. The second kappa shape index (κ2) is 10.7. The number of nitrogens with zero attached hydrogens (tertiary/aromatic N) is 4. The van der Waals surface area contributed by atoms with E-state index < -0.39 is 61.3 Å². The molecule has 19 nitrogen and oxygen atoms in total. The summed E-state index contributed by atoms with van der Waals surface area (Å²) < 4.78 is 56.5. The van der Waals surface area contributed by atoms with Crippen LogP contribution in [0.25, 0.3) is 11.2 Å². The molecule has 0 aliphatic carbocycles. The molecule has 1 aliphatic heterocycles. The number of phosphoric acid groups is 1. The lowest BCUT2D eigenvalue weighted by molar-refractivity contribution is -0.0508. The summed E-state index contributed by atoms with van der Waals surface area (Å²) in [6.45, 7) is -0.920. The van der Waals surface area contributed by atoms with Gasteiger partial charge in [0.05, 0.1) is 18.5 Å². The van der Waals surface area contributed by atoms with Gasteiger partial charge in [-0.05, 0) is 12.1 Å². The van der Waals surface area contributed by atoms with Gasteiger partial charge in [-0.15, -0.1) is 0 Å². The number of carbonyl (C=O) groups excluding carboxylic acids is 2. The Labute approximate surface area is 218 Å². The summed E-state index contributed by atoms with van der Waals surface area (Å²) in [5.41, 5.74) is 11.3. The van der Waals surface area contributed by atoms with Crippen molar-refractivity contribution in [3.05, 3.63) is 42.5 Å². The van der Waals surface area contributed by atoms with E-state index in [-0.39, 0.29) is 28.2 Å². The fourth-order valence-corrected chi connectivity index (χ4v) is 4.70. The summed E-state index contributed by atoms with van der Waals surface area (Å²) in [5, 5.41) is 20.7. The number of nitrogens with one attached hydrogen (secondary N) is 1. The molecule has 3 aromatic rings. The molecular weight excluding hydrogens is 569 g/mol. The van der Waals surface area contributed by atoms with Crippen LogP contribution in [0, 0.1) is 0 Å². The number of imidazole rings is 1. The first-order valence-corrected chi connectivity index (χ1v) is 13.4. The minimum atomic E-state index is -5.36. The number of carbonyl (C=O) groups is 2.